The van der Waals surface area contributed by atoms with E-state index in [-0.39, 0.29) is 35.8 Å². The van der Waals surface area contributed by atoms with Crippen LogP contribution in [0.5, 0.6) is 5.75 Å². The smallest absolute Gasteiger partial charge is 0.419 e. The lowest BCUT2D eigenvalue weighted by Crippen LogP contribution is -2.43. The van der Waals surface area contributed by atoms with Gasteiger partial charge in [0, 0.05) is 13.1 Å². The summed E-state index contributed by atoms with van der Waals surface area (Å²) >= 11 is 0. The molecule has 0 heterocycles. The van der Waals surface area contributed by atoms with Gasteiger partial charge in [-0.25, -0.2) is 0 Å². The minimum atomic E-state index is -4.42. The van der Waals surface area contributed by atoms with Gasteiger partial charge in [0.15, 0.2) is 5.96 Å². The number of nitrogens with zero attached hydrogens (tertiary/aromatic N) is 1. The van der Waals surface area contributed by atoms with Crippen molar-refractivity contribution in [3.63, 3.8) is 0 Å². The van der Waals surface area contributed by atoms with Crippen LogP contribution >= 0.6 is 24.0 Å². The summed E-state index contributed by atoms with van der Waals surface area (Å²) in [5.74, 6) is 0.512. The second-order valence-electron chi connectivity index (χ2n) is 5.51. The third-order valence-electron chi connectivity index (χ3n) is 3.58. The second-order valence-corrected chi connectivity index (χ2v) is 5.51. The van der Waals surface area contributed by atoms with Crippen molar-refractivity contribution in [3.8, 4) is 5.75 Å². The molecular weight excluding hydrogens is 434 g/mol. The fraction of sp³-hybridized carbons (Fsp3) is 0.562. The fourth-order valence-electron chi connectivity index (χ4n) is 2.08. The maximum atomic E-state index is 13.0. The average Bonchev–Trinajstić information content (AvgIpc) is 3.33. The van der Waals surface area contributed by atoms with Crippen LogP contribution in [0.15, 0.2) is 29.3 Å². The van der Waals surface area contributed by atoms with Crippen LogP contribution < -0.4 is 15.4 Å². The molecule has 136 valence electrons. The Bertz CT molecular complexity index is 548. The third kappa shape index (κ3) is 6.37. The van der Waals surface area contributed by atoms with E-state index in [9.17, 15) is 13.2 Å². The summed E-state index contributed by atoms with van der Waals surface area (Å²) < 4.78 is 44.6. The van der Waals surface area contributed by atoms with Crippen LogP contribution in [0.2, 0.25) is 0 Å². The van der Waals surface area contributed by atoms with Gasteiger partial charge in [0.2, 0.25) is 0 Å². The molecule has 1 aromatic rings. The van der Waals surface area contributed by atoms with E-state index in [0.29, 0.717) is 25.0 Å². The number of halogens is 4. The van der Waals surface area contributed by atoms with Crippen molar-refractivity contribution >= 4 is 29.9 Å². The molecule has 0 amide bonds. The first-order valence-electron chi connectivity index (χ1n) is 7.74. The molecular formula is C16H23F3IN3O. The molecule has 24 heavy (non-hydrogen) atoms. The molecule has 1 unspecified atom stereocenters. The van der Waals surface area contributed by atoms with Crippen LogP contribution in [0, 0.1) is 0 Å². The Labute approximate surface area is 157 Å². The van der Waals surface area contributed by atoms with E-state index in [1.807, 2.05) is 6.92 Å². The summed E-state index contributed by atoms with van der Waals surface area (Å²) in [4.78, 5) is 4.10. The molecule has 8 heteroatoms. The molecule has 2 rings (SSSR count). The second kappa shape index (κ2) is 9.33. The van der Waals surface area contributed by atoms with E-state index >= 15 is 0 Å². The number of hydrogen-bond acceptors (Lipinski definition) is 2. The summed E-state index contributed by atoms with van der Waals surface area (Å²) in [5.41, 5.74) is -0.751. The first kappa shape index (κ1) is 20.9. The minimum Gasteiger partial charge on any atom is -0.488 e. The zero-order chi connectivity index (χ0) is 16.9. The van der Waals surface area contributed by atoms with Crippen molar-refractivity contribution in [2.45, 2.75) is 44.5 Å². The van der Waals surface area contributed by atoms with Crippen LogP contribution in [-0.2, 0) is 6.18 Å². The van der Waals surface area contributed by atoms with Crippen molar-refractivity contribution in [3.05, 3.63) is 29.8 Å². The Morgan fingerprint density at radius 2 is 2.00 bits per heavy atom. The lowest BCUT2D eigenvalue weighted by Gasteiger charge is -2.22. The van der Waals surface area contributed by atoms with Gasteiger partial charge in [-0.15, -0.1) is 24.0 Å². The molecule has 1 aliphatic carbocycles. The van der Waals surface area contributed by atoms with Crippen LogP contribution in [-0.4, -0.2) is 31.7 Å². The normalized spacial score (nSPS) is 16.1. The number of para-hydroxylation sites is 1. The Morgan fingerprint density at radius 3 is 2.54 bits per heavy atom. The predicted molar refractivity (Wildman–Crippen MR) is 99.1 cm³/mol. The first-order chi connectivity index (χ1) is 10.9. The number of ether oxygens (including phenoxy) is 1. The zero-order valence-electron chi connectivity index (χ0n) is 13.7. The van der Waals surface area contributed by atoms with Gasteiger partial charge in [0.25, 0.3) is 0 Å². The van der Waals surface area contributed by atoms with Crippen LogP contribution in [0.1, 0.15) is 31.7 Å². The van der Waals surface area contributed by atoms with Gasteiger partial charge in [-0.05, 0) is 31.4 Å². The van der Waals surface area contributed by atoms with E-state index < -0.39 is 11.7 Å². The zero-order valence-corrected chi connectivity index (χ0v) is 16.0. The molecule has 1 aliphatic rings. The van der Waals surface area contributed by atoms with Gasteiger partial charge in [0.05, 0.1) is 12.1 Å². The molecule has 0 saturated heterocycles. The molecule has 2 N–H and O–H groups in total. The lowest BCUT2D eigenvalue weighted by molar-refractivity contribution is -0.139. The molecule has 0 aliphatic heterocycles. The largest absolute Gasteiger partial charge is 0.488 e. The number of alkyl halides is 3. The molecule has 0 aromatic heterocycles. The van der Waals surface area contributed by atoms with Gasteiger partial charge < -0.3 is 15.4 Å². The SMILES string of the molecule is CCC(CNC(=NC)NC1CC1)Oc1ccccc1C(F)(F)F.I. The van der Waals surface area contributed by atoms with Crippen molar-refractivity contribution in [1.29, 1.82) is 0 Å². The quantitative estimate of drug-likeness (QED) is 0.388. The van der Waals surface area contributed by atoms with E-state index in [1.165, 1.54) is 18.2 Å². The molecule has 1 atom stereocenters. The summed E-state index contributed by atoms with van der Waals surface area (Å²) in [6, 6.07) is 5.73. The number of nitrogens with one attached hydrogen (secondary N) is 2. The Morgan fingerprint density at radius 1 is 1.33 bits per heavy atom. The highest BCUT2D eigenvalue weighted by Gasteiger charge is 2.34. The van der Waals surface area contributed by atoms with Gasteiger partial charge >= 0.3 is 6.18 Å². The van der Waals surface area contributed by atoms with Crippen molar-refractivity contribution in [1.82, 2.24) is 10.6 Å². The maximum Gasteiger partial charge on any atom is 0.419 e. The fourth-order valence-corrected chi connectivity index (χ4v) is 2.08. The molecule has 0 bridgehead atoms. The molecule has 1 saturated carbocycles. The number of benzene rings is 1. The van der Waals surface area contributed by atoms with Crippen LogP contribution in [0.3, 0.4) is 0 Å². The number of hydrogen-bond donors (Lipinski definition) is 2. The summed E-state index contributed by atoms with van der Waals surface area (Å²) in [7, 11) is 1.67. The van der Waals surface area contributed by atoms with Crippen LogP contribution in [0.4, 0.5) is 13.2 Å². The van der Waals surface area contributed by atoms with Crippen molar-refractivity contribution in [2.75, 3.05) is 13.6 Å². The molecule has 1 fully saturated rings. The van der Waals surface area contributed by atoms with Crippen molar-refractivity contribution < 1.29 is 17.9 Å². The molecule has 0 spiro atoms. The molecule has 1 aromatic carbocycles. The Balaban J connectivity index is 0.00000288. The van der Waals surface area contributed by atoms with E-state index in [0.717, 1.165) is 18.9 Å². The maximum absolute atomic E-state index is 13.0. The summed E-state index contributed by atoms with van der Waals surface area (Å²) in [6.45, 7) is 2.26. The topological polar surface area (TPSA) is 45.7 Å². The Kier molecular flexibility index (Phi) is 8.11. The van der Waals surface area contributed by atoms with Crippen molar-refractivity contribution in [2.24, 2.45) is 4.99 Å². The van der Waals surface area contributed by atoms with Gasteiger partial charge in [-0.1, -0.05) is 19.1 Å². The number of guanidine groups is 1. The molecule has 4 nitrogen and oxygen atoms in total. The number of aliphatic imine (C=N–C) groups is 1. The standard InChI is InChI=1S/C16H22F3N3O.HI/c1-3-12(10-21-15(20-2)22-11-8-9-11)23-14-7-5-4-6-13(14)16(17,18)19;/h4-7,11-12H,3,8-10H2,1-2H3,(H2,20,21,22);1H. The van der Waals surface area contributed by atoms with E-state index in [4.69, 9.17) is 4.74 Å². The highest BCUT2D eigenvalue weighted by atomic mass is 127. The van der Waals surface area contributed by atoms with Crippen LogP contribution in [0.25, 0.3) is 0 Å². The minimum absolute atomic E-state index is 0. The molecule has 0 radical (unpaired) electrons. The highest BCUT2D eigenvalue weighted by Crippen LogP contribution is 2.36. The third-order valence-corrected chi connectivity index (χ3v) is 3.58. The van der Waals surface area contributed by atoms with Gasteiger partial charge in [0.1, 0.15) is 11.9 Å². The Hall–Kier alpha value is -1.19. The first-order valence-corrected chi connectivity index (χ1v) is 7.74. The monoisotopic (exact) mass is 457 g/mol. The van der Waals surface area contributed by atoms with E-state index in [2.05, 4.69) is 15.6 Å². The lowest BCUT2D eigenvalue weighted by atomic mass is 10.2. The van der Waals surface area contributed by atoms with Gasteiger partial charge in [-0.2, -0.15) is 13.2 Å². The van der Waals surface area contributed by atoms with Gasteiger partial charge in [-0.3, -0.25) is 4.99 Å². The predicted octanol–water partition coefficient (Wildman–Crippen LogP) is 3.81. The average molecular weight is 457 g/mol. The number of rotatable bonds is 6. The summed E-state index contributed by atoms with van der Waals surface area (Å²) in [5, 5.41) is 6.33. The summed E-state index contributed by atoms with van der Waals surface area (Å²) in [6.07, 6.45) is -1.98. The highest BCUT2D eigenvalue weighted by molar-refractivity contribution is 14.0. The van der Waals surface area contributed by atoms with E-state index in [1.54, 1.807) is 7.05 Å².